The third-order valence-corrected chi connectivity index (χ3v) is 1.49. The van der Waals surface area contributed by atoms with Crippen molar-refractivity contribution < 1.29 is 0 Å². The molecule has 0 heterocycles. The van der Waals surface area contributed by atoms with E-state index in [1.54, 1.807) is 12.3 Å². The quantitative estimate of drug-likeness (QED) is 0.297. The number of nitrogens with zero attached hydrogens (tertiary/aromatic N) is 1. The zero-order valence-corrected chi connectivity index (χ0v) is 6.33. The highest BCUT2D eigenvalue weighted by Crippen LogP contribution is 2.08. The fraction of sp³-hybridized carbons (Fsp3) is 0.200. The SMILES string of the molecule is CS/C(N)=C(\C#N)C(=N)N. The highest BCUT2D eigenvalue weighted by molar-refractivity contribution is 8.02. The van der Waals surface area contributed by atoms with E-state index in [9.17, 15) is 0 Å². The monoisotopic (exact) mass is 156 g/mol. The molecule has 0 rings (SSSR count). The van der Waals surface area contributed by atoms with Crippen LogP contribution in [-0.2, 0) is 0 Å². The first-order valence-corrected chi connectivity index (χ1v) is 3.64. The summed E-state index contributed by atoms with van der Waals surface area (Å²) in [7, 11) is 0. The Hall–Kier alpha value is -1.15. The Bertz CT molecular complexity index is 212. The molecule has 0 aliphatic carbocycles. The largest absolute Gasteiger partial charge is 0.392 e. The summed E-state index contributed by atoms with van der Waals surface area (Å²) in [5, 5.41) is 15.6. The number of nitriles is 1. The first-order valence-electron chi connectivity index (χ1n) is 2.41. The fourth-order valence-electron chi connectivity index (χ4n) is 0.350. The maximum Gasteiger partial charge on any atom is 0.136 e. The van der Waals surface area contributed by atoms with Gasteiger partial charge in [0, 0.05) is 0 Å². The molecular weight excluding hydrogens is 148 g/mol. The number of thioether (sulfide) groups is 1. The van der Waals surface area contributed by atoms with Crippen LogP contribution >= 0.6 is 11.8 Å². The van der Waals surface area contributed by atoms with Gasteiger partial charge in [0.05, 0.1) is 5.03 Å². The molecule has 0 saturated carbocycles. The molecule has 54 valence electrons. The van der Waals surface area contributed by atoms with E-state index in [4.69, 9.17) is 22.1 Å². The van der Waals surface area contributed by atoms with E-state index in [0.717, 1.165) is 0 Å². The normalized spacial score (nSPS) is 11.6. The zero-order chi connectivity index (χ0) is 8.15. The highest BCUT2D eigenvalue weighted by Gasteiger charge is 2.03. The standard InChI is InChI=1S/C5H8N4S/c1-10-5(9)3(2-6)4(7)8/h9H2,1H3,(H3,7,8)/b5-3+. The van der Waals surface area contributed by atoms with E-state index in [-0.39, 0.29) is 16.4 Å². The van der Waals surface area contributed by atoms with Gasteiger partial charge in [0.1, 0.15) is 17.5 Å². The lowest BCUT2D eigenvalue weighted by atomic mass is 10.3. The molecule has 5 heteroatoms. The van der Waals surface area contributed by atoms with Crippen LogP contribution in [0.1, 0.15) is 0 Å². The summed E-state index contributed by atoms with van der Waals surface area (Å²) in [6, 6.07) is 1.74. The van der Waals surface area contributed by atoms with E-state index in [0.29, 0.717) is 0 Å². The van der Waals surface area contributed by atoms with Gasteiger partial charge in [-0.3, -0.25) is 5.41 Å². The van der Waals surface area contributed by atoms with E-state index in [1.165, 1.54) is 11.8 Å². The summed E-state index contributed by atoms with van der Waals surface area (Å²) in [5.74, 6) is -0.283. The van der Waals surface area contributed by atoms with Crippen molar-refractivity contribution in [3.8, 4) is 6.07 Å². The van der Waals surface area contributed by atoms with Crippen molar-refractivity contribution in [3.63, 3.8) is 0 Å². The smallest absolute Gasteiger partial charge is 0.136 e. The highest BCUT2D eigenvalue weighted by atomic mass is 32.2. The van der Waals surface area contributed by atoms with Crippen LogP contribution in [0.5, 0.6) is 0 Å². The number of hydrogen-bond donors (Lipinski definition) is 3. The molecule has 0 aliphatic rings. The predicted octanol–water partition coefficient (Wildman–Crippen LogP) is -0.0207. The summed E-state index contributed by atoms with van der Waals surface area (Å²) in [6.45, 7) is 0. The number of hydrogen-bond acceptors (Lipinski definition) is 4. The predicted molar refractivity (Wildman–Crippen MR) is 42.3 cm³/mol. The van der Waals surface area contributed by atoms with Crippen LogP contribution in [0, 0.1) is 16.7 Å². The lowest BCUT2D eigenvalue weighted by Crippen LogP contribution is -2.15. The van der Waals surface area contributed by atoms with E-state index in [2.05, 4.69) is 0 Å². The minimum absolute atomic E-state index is 0.0486. The van der Waals surface area contributed by atoms with Crippen LogP contribution in [0.4, 0.5) is 0 Å². The Balaban J connectivity index is 4.68. The number of nitrogens with two attached hydrogens (primary N) is 2. The van der Waals surface area contributed by atoms with Gasteiger partial charge in [-0.15, -0.1) is 11.8 Å². The molecule has 5 N–H and O–H groups in total. The first kappa shape index (κ1) is 8.85. The van der Waals surface area contributed by atoms with Crippen LogP contribution in [0.25, 0.3) is 0 Å². The summed E-state index contributed by atoms with van der Waals surface area (Å²) in [6.07, 6.45) is 1.72. The lowest BCUT2D eigenvalue weighted by Gasteiger charge is -1.97. The van der Waals surface area contributed by atoms with E-state index >= 15 is 0 Å². The molecule has 0 spiro atoms. The molecule has 0 aromatic rings. The van der Waals surface area contributed by atoms with Crippen molar-refractivity contribution >= 4 is 17.6 Å². The van der Waals surface area contributed by atoms with Crippen molar-refractivity contribution in [1.82, 2.24) is 0 Å². The maximum absolute atomic E-state index is 8.38. The minimum Gasteiger partial charge on any atom is -0.392 e. The van der Waals surface area contributed by atoms with Crippen LogP contribution in [0.15, 0.2) is 10.6 Å². The number of amidine groups is 1. The Labute approximate surface area is 63.4 Å². The van der Waals surface area contributed by atoms with Crippen molar-refractivity contribution in [3.05, 3.63) is 10.6 Å². The van der Waals surface area contributed by atoms with Gasteiger partial charge in [0.25, 0.3) is 0 Å². The van der Waals surface area contributed by atoms with Crippen LogP contribution in [-0.4, -0.2) is 12.1 Å². The van der Waals surface area contributed by atoms with Crippen molar-refractivity contribution in [2.24, 2.45) is 11.5 Å². The molecule has 4 nitrogen and oxygen atoms in total. The van der Waals surface area contributed by atoms with Crippen LogP contribution in [0.2, 0.25) is 0 Å². The second kappa shape index (κ2) is 3.80. The molecule has 0 amide bonds. The van der Waals surface area contributed by atoms with E-state index < -0.39 is 0 Å². The molecule has 0 bridgehead atoms. The third-order valence-electron chi connectivity index (χ3n) is 0.847. The van der Waals surface area contributed by atoms with Crippen LogP contribution in [0.3, 0.4) is 0 Å². The number of rotatable bonds is 2. The molecule has 0 aromatic carbocycles. The molecule has 0 atom stereocenters. The molecule has 0 saturated heterocycles. The van der Waals surface area contributed by atoms with Gasteiger partial charge in [-0.25, -0.2) is 0 Å². The second-order valence-electron chi connectivity index (χ2n) is 1.47. The second-order valence-corrected chi connectivity index (χ2v) is 2.32. The Morgan fingerprint density at radius 1 is 1.60 bits per heavy atom. The lowest BCUT2D eigenvalue weighted by molar-refractivity contribution is 1.38. The van der Waals surface area contributed by atoms with Gasteiger partial charge in [-0.2, -0.15) is 5.26 Å². The maximum atomic E-state index is 8.38. The summed E-state index contributed by atoms with van der Waals surface area (Å²) < 4.78 is 0. The molecule has 0 fully saturated rings. The first-order chi connectivity index (χ1) is 4.63. The van der Waals surface area contributed by atoms with Crippen molar-refractivity contribution in [1.29, 1.82) is 10.7 Å². The minimum atomic E-state index is -0.283. The molecule has 0 radical (unpaired) electrons. The molecule has 0 unspecified atom stereocenters. The van der Waals surface area contributed by atoms with E-state index in [1.807, 2.05) is 0 Å². The third kappa shape index (κ3) is 1.99. The molecular formula is C5H8N4S. The average molecular weight is 156 g/mol. The Morgan fingerprint density at radius 2 is 2.10 bits per heavy atom. The molecule has 0 aromatic heterocycles. The Kier molecular flexibility index (Phi) is 3.36. The number of nitrogens with one attached hydrogen (secondary N) is 1. The summed E-state index contributed by atoms with van der Waals surface area (Å²) in [5.41, 5.74) is 10.4. The zero-order valence-electron chi connectivity index (χ0n) is 5.51. The van der Waals surface area contributed by atoms with Crippen molar-refractivity contribution in [2.45, 2.75) is 0 Å². The van der Waals surface area contributed by atoms with Gasteiger partial charge < -0.3 is 11.5 Å². The fourth-order valence-corrected chi connectivity index (χ4v) is 0.710. The molecule has 10 heavy (non-hydrogen) atoms. The van der Waals surface area contributed by atoms with Crippen molar-refractivity contribution in [2.75, 3.05) is 6.26 Å². The van der Waals surface area contributed by atoms with Gasteiger partial charge >= 0.3 is 0 Å². The Morgan fingerprint density at radius 3 is 2.20 bits per heavy atom. The molecule has 0 aliphatic heterocycles. The van der Waals surface area contributed by atoms with Gasteiger partial charge in [-0.1, -0.05) is 0 Å². The van der Waals surface area contributed by atoms with Gasteiger partial charge in [-0.05, 0) is 6.26 Å². The summed E-state index contributed by atoms with van der Waals surface area (Å²) in [4.78, 5) is 0. The topological polar surface area (TPSA) is 99.7 Å². The van der Waals surface area contributed by atoms with Gasteiger partial charge in [0.2, 0.25) is 0 Å². The van der Waals surface area contributed by atoms with Gasteiger partial charge in [0.15, 0.2) is 0 Å². The average Bonchev–Trinajstić information content (AvgIpc) is 1.88. The van der Waals surface area contributed by atoms with Crippen LogP contribution < -0.4 is 11.5 Å². The summed E-state index contributed by atoms with van der Waals surface area (Å²) >= 11 is 1.20.